The van der Waals surface area contributed by atoms with Gasteiger partial charge in [0.15, 0.2) is 0 Å². The average Bonchev–Trinajstić information content (AvgIpc) is 2.85. The monoisotopic (exact) mass is 276 g/mol. The summed E-state index contributed by atoms with van der Waals surface area (Å²) in [6.07, 6.45) is 13.4. The third kappa shape index (κ3) is 4.72. The highest BCUT2D eigenvalue weighted by atomic mass is 16.2. The lowest BCUT2D eigenvalue weighted by molar-refractivity contribution is 0.237. The summed E-state index contributed by atoms with van der Waals surface area (Å²) < 4.78 is 2.13. The summed E-state index contributed by atoms with van der Waals surface area (Å²) >= 11 is 0. The van der Waals surface area contributed by atoms with Crippen LogP contribution in [-0.4, -0.2) is 28.2 Å². The molecule has 0 aliphatic heterocycles. The van der Waals surface area contributed by atoms with Gasteiger partial charge in [-0.25, -0.2) is 9.78 Å². The summed E-state index contributed by atoms with van der Waals surface area (Å²) in [5.74, 6) is 1.04. The predicted molar refractivity (Wildman–Crippen MR) is 79.5 cm³/mol. The van der Waals surface area contributed by atoms with Gasteiger partial charge in [-0.2, -0.15) is 0 Å². The van der Waals surface area contributed by atoms with Gasteiger partial charge in [0.2, 0.25) is 0 Å². The number of unbranched alkanes of at least 4 members (excludes halogenated alkanes) is 1. The van der Waals surface area contributed by atoms with Gasteiger partial charge in [-0.1, -0.05) is 12.2 Å². The van der Waals surface area contributed by atoms with E-state index in [1.807, 2.05) is 19.3 Å². The standard InChI is InChI=1S/C15H24N4O/c1-13-16-10-12-19(13)11-6-5-9-17-15(20)18-14-7-3-2-4-8-14/h3,7,10,12,14H,2,4-6,8-9,11H2,1H3,(H2,17,18,20)/t14-/m0/s1. The molecule has 1 aliphatic carbocycles. The number of hydrogen-bond donors (Lipinski definition) is 2. The Morgan fingerprint density at radius 2 is 2.40 bits per heavy atom. The van der Waals surface area contributed by atoms with Crippen LogP contribution in [0.2, 0.25) is 0 Å². The highest BCUT2D eigenvalue weighted by Crippen LogP contribution is 2.09. The van der Waals surface area contributed by atoms with E-state index in [2.05, 4.69) is 32.3 Å². The van der Waals surface area contributed by atoms with E-state index in [9.17, 15) is 4.79 Å². The van der Waals surface area contributed by atoms with E-state index in [0.717, 1.165) is 51.0 Å². The first-order valence-electron chi connectivity index (χ1n) is 7.44. The fourth-order valence-corrected chi connectivity index (χ4v) is 2.40. The summed E-state index contributed by atoms with van der Waals surface area (Å²) in [6.45, 7) is 3.68. The number of aromatic nitrogens is 2. The van der Waals surface area contributed by atoms with Crippen molar-refractivity contribution in [2.45, 2.75) is 51.6 Å². The van der Waals surface area contributed by atoms with E-state index in [0.29, 0.717) is 0 Å². The maximum Gasteiger partial charge on any atom is 0.315 e. The molecule has 0 radical (unpaired) electrons. The van der Waals surface area contributed by atoms with Crippen LogP contribution in [0.1, 0.15) is 37.9 Å². The lowest BCUT2D eigenvalue weighted by Gasteiger charge is -2.18. The van der Waals surface area contributed by atoms with Crippen LogP contribution < -0.4 is 10.6 Å². The van der Waals surface area contributed by atoms with Crippen LogP contribution in [0.15, 0.2) is 24.5 Å². The van der Waals surface area contributed by atoms with Crippen molar-refractivity contribution in [3.05, 3.63) is 30.4 Å². The van der Waals surface area contributed by atoms with Gasteiger partial charge in [0.25, 0.3) is 0 Å². The zero-order valence-electron chi connectivity index (χ0n) is 12.1. The molecule has 110 valence electrons. The molecule has 0 saturated heterocycles. The van der Waals surface area contributed by atoms with Gasteiger partial charge in [-0.15, -0.1) is 0 Å². The molecule has 0 spiro atoms. The molecule has 2 amide bonds. The summed E-state index contributed by atoms with van der Waals surface area (Å²) in [5.41, 5.74) is 0. The lowest BCUT2D eigenvalue weighted by atomic mass is 10.0. The molecule has 5 nitrogen and oxygen atoms in total. The third-order valence-corrected chi connectivity index (χ3v) is 3.61. The molecule has 0 bridgehead atoms. The largest absolute Gasteiger partial charge is 0.338 e. The highest BCUT2D eigenvalue weighted by molar-refractivity contribution is 5.74. The number of carbonyl (C=O) groups excluding carboxylic acids is 1. The van der Waals surface area contributed by atoms with Gasteiger partial charge in [0.05, 0.1) is 0 Å². The predicted octanol–water partition coefficient (Wildman–Crippen LogP) is 2.38. The van der Waals surface area contributed by atoms with Gasteiger partial charge < -0.3 is 15.2 Å². The minimum atomic E-state index is -0.0552. The SMILES string of the molecule is Cc1nccn1CCCCNC(=O)N[C@H]1C=CCCC1. The molecule has 1 atom stereocenters. The molecule has 2 rings (SSSR count). The normalized spacial score (nSPS) is 17.9. The molecule has 1 aliphatic rings. The van der Waals surface area contributed by atoms with E-state index in [1.165, 1.54) is 0 Å². The molecule has 20 heavy (non-hydrogen) atoms. The number of carbonyl (C=O) groups is 1. The van der Waals surface area contributed by atoms with Gasteiger partial charge >= 0.3 is 6.03 Å². The Bertz CT molecular complexity index is 452. The Balaban J connectivity index is 1.54. The van der Waals surface area contributed by atoms with Gasteiger partial charge in [-0.05, 0) is 39.0 Å². The molecule has 1 aromatic heterocycles. The Labute approximate surface area is 120 Å². The first-order chi connectivity index (χ1) is 9.75. The van der Waals surface area contributed by atoms with Crippen molar-refractivity contribution in [3.63, 3.8) is 0 Å². The zero-order chi connectivity index (χ0) is 14.2. The van der Waals surface area contributed by atoms with Crippen LogP contribution >= 0.6 is 0 Å². The van der Waals surface area contributed by atoms with Gasteiger partial charge in [-0.3, -0.25) is 0 Å². The number of hydrogen-bond acceptors (Lipinski definition) is 2. The zero-order valence-corrected chi connectivity index (χ0v) is 12.1. The molecular formula is C15H24N4O. The third-order valence-electron chi connectivity index (χ3n) is 3.61. The lowest BCUT2D eigenvalue weighted by Crippen LogP contribution is -2.42. The number of imidazole rings is 1. The molecule has 0 saturated carbocycles. The smallest absolute Gasteiger partial charge is 0.315 e. The maximum atomic E-state index is 11.7. The number of nitrogens with zero attached hydrogens (tertiary/aromatic N) is 2. The van der Waals surface area contributed by atoms with Crippen molar-refractivity contribution in [1.82, 2.24) is 20.2 Å². The quantitative estimate of drug-likeness (QED) is 0.619. The van der Waals surface area contributed by atoms with Crippen LogP contribution in [0, 0.1) is 6.92 Å². The second-order valence-electron chi connectivity index (χ2n) is 5.24. The first-order valence-corrected chi connectivity index (χ1v) is 7.44. The second kappa shape index (κ2) is 7.72. The van der Waals surface area contributed by atoms with Crippen LogP contribution in [-0.2, 0) is 6.54 Å². The van der Waals surface area contributed by atoms with Gasteiger partial charge in [0, 0.05) is 31.5 Å². The summed E-state index contributed by atoms with van der Waals surface area (Å²) in [6, 6.07) is 0.151. The number of amides is 2. The average molecular weight is 276 g/mol. The Morgan fingerprint density at radius 3 is 3.10 bits per heavy atom. The van der Waals surface area contributed by atoms with Crippen molar-refractivity contribution in [1.29, 1.82) is 0 Å². The van der Waals surface area contributed by atoms with E-state index in [-0.39, 0.29) is 12.1 Å². The Kier molecular flexibility index (Phi) is 5.65. The van der Waals surface area contributed by atoms with Crippen molar-refractivity contribution in [3.8, 4) is 0 Å². The first kappa shape index (κ1) is 14.6. The minimum absolute atomic E-state index is 0.0552. The van der Waals surface area contributed by atoms with Crippen LogP contribution in [0.4, 0.5) is 4.79 Å². The number of urea groups is 1. The summed E-state index contributed by atoms with van der Waals surface area (Å²) in [4.78, 5) is 15.9. The highest BCUT2D eigenvalue weighted by Gasteiger charge is 2.10. The molecular weight excluding hydrogens is 252 g/mol. The van der Waals surface area contributed by atoms with Crippen molar-refractivity contribution in [2.75, 3.05) is 6.54 Å². The van der Waals surface area contributed by atoms with E-state index in [1.54, 1.807) is 0 Å². The second-order valence-corrected chi connectivity index (χ2v) is 5.24. The van der Waals surface area contributed by atoms with Crippen LogP contribution in [0.25, 0.3) is 0 Å². The maximum absolute atomic E-state index is 11.7. The number of aryl methyl sites for hydroxylation is 2. The molecule has 0 unspecified atom stereocenters. The number of allylic oxidation sites excluding steroid dienone is 1. The molecule has 5 heteroatoms. The molecule has 2 N–H and O–H groups in total. The Morgan fingerprint density at radius 1 is 1.50 bits per heavy atom. The fraction of sp³-hybridized carbons (Fsp3) is 0.600. The summed E-state index contributed by atoms with van der Waals surface area (Å²) in [7, 11) is 0. The van der Waals surface area contributed by atoms with E-state index in [4.69, 9.17) is 0 Å². The van der Waals surface area contributed by atoms with Crippen molar-refractivity contribution in [2.24, 2.45) is 0 Å². The van der Waals surface area contributed by atoms with E-state index >= 15 is 0 Å². The topological polar surface area (TPSA) is 59.0 Å². The summed E-state index contributed by atoms with van der Waals surface area (Å²) in [5, 5.41) is 5.90. The van der Waals surface area contributed by atoms with E-state index < -0.39 is 0 Å². The molecule has 1 heterocycles. The van der Waals surface area contributed by atoms with Crippen molar-refractivity contribution < 1.29 is 4.79 Å². The number of rotatable bonds is 6. The van der Waals surface area contributed by atoms with Crippen LogP contribution in [0.5, 0.6) is 0 Å². The molecule has 0 fully saturated rings. The van der Waals surface area contributed by atoms with Crippen molar-refractivity contribution >= 4 is 6.03 Å². The Hall–Kier alpha value is -1.78. The molecule has 0 aromatic carbocycles. The number of nitrogens with one attached hydrogen (secondary N) is 2. The van der Waals surface area contributed by atoms with Crippen LogP contribution in [0.3, 0.4) is 0 Å². The minimum Gasteiger partial charge on any atom is -0.338 e. The van der Waals surface area contributed by atoms with Gasteiger partial charge in [0.1, 0.15) is 5.82 Å². The molecule has 1 aromatic rings. The fourth-order valence-electron chi connectivity index (χ4n) is 2.40.